The predicted molar refractivity (Wildman–Crippen MR) is 52.0 cm³/mol. The van der Waals surface area contributed by atoms with Crippen LogP contribution in [0.5, 0.6) is 0 Å². The molecular weight excluding hydrogens is 162 g/mol. The molecule has 0 radical (unpaired) electrons. The zero-order valence-electron chi connectivity index (χ0n) is 8.38. The molecule has 0 aromatic heterocycles. The number of hydrogen-bond donors (Lipinski definition) is 1. The Kier molecular flexibility index (Phi) is 2.09. The van der Waals surface area contributed by atoms with Crippen molar-refractivity contribution in [3.63, 3.8) is 0 Å². The minimum Gasteiger partial charge on any atom is -0.369 e. The van der Waals surface area contributed by atoms with Gasteiger partial charge in [0.1, 0.15) is 0 Å². The highest BCUT2D eigenvalue weighted by Crippen LogP contribution is 2.51. The number of hydrogen-bond acceptors (Lipinski definition) is 1. The van der Waals surface area contributed by atoms with Crippen molar-refractivity contribution in [2.24, 2.45) is 23.0 Å². The second-order valence-electron chi connectivity index (χ2n) is 4.95. The number of carbonyl (C=O) groups excluding carboxylic acids is 1. The summed E-state index contributed by atoms with van der Waals surface area (Å²) in [6.45, 7) is 2.11. The summed E-state index contributed by atoms with van der Waals surface area (Å²) in [5, 5.41) is 0. The van der Waals surface area contributed by atoms with Crippen LogP contribution >= 0.6 is 0 Å². The molecule has 2 aliphatic carbocycles. The lowest BCUT2D eigenvalue weighted by molar-refractivity contribution is -0.131. The second kappa shape index (κ2) is 3.00. The largest absolute Gasteiger partial charge is 0.369 e. The van der Waals surface area contributed by atoms with Gasteiger partial charge in [0.15, 0.2) is 0 Å². The average Bonchev–Trinajstić information content (AvgIpc) is 2.45. The Balaban J connectivity index is 2.18. The Morgan fingerprint density at radius 1 is 1.38 bits per heavy atom. The molecule has 2 bridgehead atoms. The Labute approximate surface area is 79.9 Å². The second-order valence-corrected chi connectivity index (χ2v) is 4.95. The van der Waals surface area contributed by atoms with Crippen LogP contribution in [0.4, 0.5) is 0 Å². The lowest BCUT2D eigenvalue weighted by atomic mass is 9.67. The third-order valence-corrected chi connectivity index (χ3v) is 4.21. The summed E-state index contributed by atoms with van der Waals surface area (Å²) in [5.74, 6) is 1.55. The number of rotatable bonds is 2. The van der Waals surface area contributed by atoms with Crippen molar-refractivity contribution in [1.29, 1.82) is 0 Å². The Hall–Kier alpha value is -0.530. The van der Waals surface area contributed by atoms with Gasteiger partial charge in [0, 0.05) is 5.41 Å². The minimum absolute atomic E-state index is 0.0494. The van der Waals surface area contributed by atoms with Crippen LogP contribution in [0, 0.1) is 17.3 Å². The number of nitrogens with two attached hydrogens (primary N) is 1. The molecule has 0 heterocycles. The predicted octanol–water partition coefficient (Wildman–Crippen LogP) is 2.08. The van der Waals surface area contributed by atoms with Crippen molar-refractivity contribution in [3.8, 4) is 0 Å². The van der Waals surface area contributed by atoms with Crippen LogP contribution in [-0.4, -0.2) is 5.91 Å². The summed E-state index contributed by atoms with van der Waals surface area (Å²) >= 11 is 0. The molecule has 0 aromatic rings. The summed E-state index contributed by atoms with van der Waals surface area (Å²) < 4.78 is 0. The van der Waals surface area contributed by atoms with E-state index in [0.717, 1.165) is 31.1 Å². The van der Waals surface area contributed by atoms with E-state index in [1.54, 1.807) is 0 Å². The normalized spacial score (nSPS) is 43.5. The van der Waals surface area contributed by atoms with Crippen LogP contribution in [-0.2, 0) is 4.79 Å². The topological polar surface area (TPSA) is 43.1 Å². The summed E-state index contributed by atoms with van der Waals surface area (Å²) in [7, 11) is 0. The number of carbonyl (C=O) groups is 1. The average molecular weight is 181 g/mol. The molecule has 2 aliphatic rings. The summed E-state index contributed by atoms with van der Waals surface area (Å²) in [6.07, 6.45) is 7.09. The standard InChI is InChI=1S/C11H19NO/c1-2-11(10(12)13)6-8-3-4-9(5-8)7-11/h8-9H,2-7H2,1H3,(H2,12,13). The monoisotopic (exact) mass is 181 g/mol. The fourth-order valence-electron chi connectivity index (χ4n) is 3.40. The van der Waals surface area contributed by atoms with Gasteiger partial charge in [-0.1, -0.05) is 19.8 Å². The van der Waals surface area contributed by atoms with Gasteiger partial charge in [0.05, 0.1) is 0 Å². The van der Waals surface area contributed by atoms with Crippen LogP contribution in [0.2, 0.25) is 0 Å². The van der Waals surface area contributed by atoms with E-state index in [0.29, 0.717) is 0 Å². The molecule has 2 saturated carbocycles. The van der Waals surface area contributed by atoms with Crippen molar-refractivity contribution in [3.05, 3.63) is 0 Å². The zero-order chi connectivity index (χ0) is 9.47. The Morgan fingerprint density at radius 2 is 1.92 bits per heavy atom. The maximum absolute atomic E-state index is 11.4. The molecule has 2 unspecified atom stereocenters. The third-order valence-electron chi connectivity index (χ3n) is 4.21. The van der Waals surface area contributed by atoms with Crippen molar-refractivity contribution in [1.82, 2.24) is 0 Å². The first kappa shape index (κ1) is 9.04. The van der Waals surface area contributed by atoms with Gasteiger partial charge in [-0.15, -0.1) is 0 Å². The van der Waals surface area contributed by atoms with E-state index in [9.17, 15) is 4.79 Å². The molecular formula is C11H19NO. The highest BCUT2D eigenvalue weighted by Gasteiger charge is 2.46. The quantitative estimate of drug-likeness (QED) is 0.696. The summed E-state index contributed by atoms with van der Waals surface area (Å²) in [5.41, 5.74) is 5.39. The SMILES string of the molecule is CCC1(C(N)=O)CC2CCC(C2)C1. The molecule has 13 heavy (non-hydrogen) atoms. The molecule has 0 saturated heterocycles. The number of fused-ring (bicyclic) bond motifs is 2. The van der Waals surface area contributed by atoms with Gasteiger partial charge in [0.25, 0.3) is 0 Å². The molecule has 0 aromatic carbocycles. The van der Waals surface area contributed by atoms with E-state index < -0.39 is 0 Å². The van der Waals surface area contributed by atoms with Gasteiger partial charge in [0.2, 0.25) is 5.91 Å². The fraction of sp³-hybridized carbons (Fsp3) is 0.909. The highest BCUT2D eigenvalue weighted by atomic mass is 16.1. The van der Waals surface area contributed by atoms with E-state index in [1.807, 2.05) is 0 Å². The van der Waals surface area contributed by atoms with Crippen molar-refractivity contribution in [2.75, 3.05) is 0 Å². The van der Waals surface area contributed by atoms with Crippen LogP contribution in [0.3, 0.4) is 0 Å². The molecule has 2 fully saturated rings. The first-order valence-corrected chi connectivity index (χ1v) is 5.46. The molecule has 2 nitrogen and oxygen atoms in total. The van der Waals surface area contributed by atoms with Crippen molar-refractivity contribution in [2.45, 2.75) is 45.4 Å². The summed E-state index contributed by atoms with van der Waals surface area (Å²) in [4.78, 5) is 11.4. The van der Waals surface area contributed by atoms with Gasteiger partial charge in [-0.3, -0.25) is 4.79 Å². The van der Waals surface area contributed by atoms with Crippen molar-refractivity contribution < 1.29 is 4.79 Å². The van der Waals surface area contributed by atoms with E-state index in [4.69, 9.17) is 5.73 Å². The van der Waals surface area contributed by atoms with Gasteiger partial charge < -0.3 is 5.73 Å². The number of amides is 1. The lowest BCUT2D eigenvalue weighted by Gasteiger charge is -2.37. The zero-order valence-corrected chi connectivity index (χ0v) is 8.38. The minimum atomic E-state index is -0.135. The maximum atomic E-state index is 11.4. The van der Waals surface area contributed by atoms with Crippen LogP contribution in [0.25, 0.3) is 0 Å². The van der Waals surface area contributed by atoms with E-state index in [2.05, 4.69) is 6.92 Å². The molecule has 2 rings (SSSR count). The first-order valence-electron chi connectivity index (χ1n) is 5.46. The van der Waals surface area contributed by atoms with Gasteiger partial charge >= 0.3 is 0 Å². The Bertz CT molecular complexity index is 212. The fourth-order valence-corrected chi connectivity index (χ4v) is 3.40. The van der Waals surface area contributed by atoms with Crippen LogP contribution in [0.1, 0.15) is 45.4 Å². The lowest BCUT2D eigenvalue weighted by Crippen LogP contribution is -2.41. The van der Waals surface area contributed by atoms with E-state index in [1.165, 1.54) is 19.3 Å². The van der Waals surface area contributed by atoms with Gasteiger partial charge in [-0.2, -0.15) is 0 Å². The molecule has 2 heteroatoms. The molecule has 0 spiro atoms. The van der Waals surface area contributed by atoms with E-state index in [-0.39, 0.29) is 11.3 Å². The smallest absolute Gasteiger partial charge is 0.223 e. The third kappa shape index (κ3) is 1.36. The summed E-state index contributed by atoms with van der Waals surface area (Å²) in [6, 6.07) is 0. The highest BCUT2D eigenvalue weighted by molar-refractivity contribution is 5.81. The van der Waals surface area contributed by atoms with Gasteiger partial charge in [-0.25, -0.2) is 0 Å². The number of primary amides is 1. The maximum Gasteiger partial charge on any atom is 0.223 e. The molecule has 2 N–H and O–H groups in total. The molecule has 2 atom stereocenters. The van der Waals surface area contributed by atoms with Crippen molar-refractivity contribution >= 4 is 5.91 Å². The first-order chi connectivity index (χ1) is 6.16. The molecule has 74 valence electrons. The molecule has 0 aliphatic heterocycles. The van der Waals surface area contributed by atoms with Gasteiger partial charge in [-0.05, 0) is 37.5 Å². The molecule has 1 amide bonds. The van der Waals surface area contributed by atoms with Crippen LogP contribution < -0.4 is 5.73 Å². The Morgan fingerprint density at radius 3 is 2.31 bits per heavy atom. The van der Waals surface area contributed by atoms with Crippen LogP contribution in [0.15, 0.2) is 0 Å². The van der Waals surface area contributed by atoms with E-state index >= 15 is 0 Å².